The third-order valence-electron chi connectivity index (χ3n) is 4.19. The van der Waals surface area contributed by atoms with E-state index in [0.29, 0.717) is 23.7 Å². The van der Waals surface area contributed by atoms with Gasteiger partial charge in [-0.05, 0) is 48.4 Å². The van der Waals surface area contributed by atoms with E-state index in [1.54, 1.807) is 0 Å². The van der Waals surface area contributed by atoms with E-state index >= 15 is 0 Å². The van der Waals surface area contributed by atoms with Crippen LogP contribution >= 0.6 is 11.6 Å². The topological polar surface area (TPSA) is 72.5 Å². The quantitative estimate of drug-likeness (QED) is 0.832. The standard InChI is InChI=1S/C17H24ClNO4S/c1-11(2)14-7-15(18)12(3)6-16(14)23-9-17(20)19-8-13-4-5-24(21,22)10-13/h6-7,11,13H,4-5,8-10H2,1-3H3,(H,19,20)/t13-/m0/s1. The number of sulfone groups is 1. The van der Waals surface area contributed by atoms with Gasteiger partial charge >= 0.3 is 0 Å². The van der Waals surface area contributed by atoms with Gasteiger partial charge in [-0.25, -0.2) is 8.42 Å². The van der Waals surface area contributed by atoms with Crippen LogP contribution in [0.3, 0.4) is 0 Å². The maximum absolute atomic E-state index is 12.0. The van der Waals surface area contributed by atoms with Gasteiger partial charge in [-0.1, -0.05) is 25.4 Å². The molecular weight excluding hydrogens is 350 g/mol. The number of hydrogen-bond acceptors (Lipinski definition) is 4. The van der Waals surface area contributed by atoms with Gasteiger partial charge in [0.25, 0.3) is 5.91 Å². The molecule has 0 spiro atoms. The van der Waals surface area contributed by atoms with Crippen molar-refractivity contribution in [1.82, 2.24) is 5.32 Å². The molecule has 1 heterocycles. The van der Waals surface area contributed by atoms with Crippen molar-refractivity contribution in [1.29, 1.82) is 0 Å². The maximum atomic E-state index is 12.0. The first kappa shape index (κ1) is 19.1. The summed E-state index contributed by atoms with van der Waals surface area (Å²) in [7, 11) is -2.92. The van der Waals surface area contributed by atoms with Gasteiger partial charge in [0.05, 0.1) is 11.5 Å². The molecule has 5 nitrogen and oxygen atoms in total. The molecule has 1 saturated heterocycles. The highest BCUT2D eigenvalue weighted by Gasteiger charge is 2.27. The molecule has 24 heavy (non-hydrogen) atoms. The van der Waals surface area contributed by atoms with Crippen LogP contribution < -0.4 is 10.1 Å². The molecular formula is C17H24ClNO4S. The number of carbonyl (C=O) groups is 1. The molecule has 1 fully saturated rings. The molecule has 134 valence electrons. The van der Waals surface area contributed by atoms with Crippen LogP contribution in [0.15, 0.2) is 12.1 Å². The second-order valence-corrected chi connectivity index (χ2v) is 9.29. The summed E-state index contributed by atoms with van der Waals surface area (Å²) in [6.45, 7) is 6.24. The Morgan fingerprint density at radius 2 is 2.12 bits per heavy atom. The number of aryl methyl sites for hydroxylation is 1. The lowest BCUT2D eigenvalue weighted by Crippen LogP contribution is -2.33. The smallest absolute Gasteiger partial charge is 0.257 e. The highest BCUT2D eigenvalue weighted by Crippen LogP contribution is 2.31. The Kier molecular flexibility index (Phi) is 6.15. The fourth-order valence-electron chi connectivity index (χ4n) is 2.73. The van der Waals surface area contributed by atoms with Crippen LogP contribution in [0.5, 0.6) is 5.75 Å². The molecule has 2 rings (SSSR count). The zero-order valence-electron chi connectivity index (χ0n) is 14.3. The molecule has 1 aromatic rings. The first-order valence-corrected chi connectivity index (χ1v) is 10.3. The number of benzene rings is 1. The number of amides is 1. The van der Waals surface area contributed by atoms with E-state index in [2.05, 4.69) is 5.32 Å². The fraction of sp³-hybridized carbons (Fsp3) is 0.588. The summed E-state index contributed by atoms with van der Waals surface area (Å²) in [5.74, 6) is 1.01. The van der Waals surface area contributed by atoms with Crippen molar-refractivity contribution in [2.24, 2.45) is 5.92 Å². The van der Waals surface area contributed by atoms with E-state index in [-0.39, 0.29) is 35.9 Å². The van der Waals surface area contributed by atoms with Crippen LogP contribution in [-0.2, 0) is 14.6 Å². The van der Waals surface area contributed by atoms with Crippen LogP contribution in [-0.4, -0.2) is 39.0 Å². The zero-order chi connectivity index (χ0) is 17.9. The van der Waals surface area contributed by atoms with Crippen LogP contribution in [0.4, 0.5) is 0 Å². The number of rotatable bonds is 6. The zero-order valence-corrected chi connectivity index (χ0v) is 15.8. The Bertz CT molecular complexity index is 716. The van der Waals surface area contributed by atoms with Crippen molar-refractivity contribution in [3.63, 3.8) is 0 Å². The van der Waals surface area contributed by atoms with E-state index in [1.807, 2.05) is 32.9 Å². The number of halogens is 1. The van der Waals surface area contributed by atoms with E-state index in [0.717, 1.165) is 11.1 Å². The summed E-state index contributed by atoms with van der Waals surface area (Å²) in [4.78, 5) is 12.0. The van der Waals surface area contributed by atoms with Crippen LogP contribution in [0.2, 0.25) is 5.02 Å². The largest absolute Gasteiger partial charge is 0.483 e. The molecule has 0 radical (unpaired) electrons. The van der Waals surface area contributed by atoms with E-state index < -0.39 is 9.84 Å². The molecule has 0 saturated carbocycles. The van der Waals surface area contributed by atoms with Crippen molar-refractivity contribution in [2.45, 2.75) is 33.1 Å². The van der Waals surface area contributed by atoms with Gasteiger partial charge in [-0.3, -0.25) is 4.79 Å². The minimum atomic E-state index is -2.92. The molecule has 0 unspecified atom stereocenters. The molecule has 0 aliphatic carbocycles. The molecule has 7 heteroatoms. The second-order valence-electron chi connectivity index (χ2n) is 6.66. The normalized spacial score (nSPS) is 19.5. The molecule has 0 bridgehead atoms. The summed E-state index contributed by atoms with van der Waals surface area (Å²) in [5, 5.41) is 3.43. The Morgan fingerprint density at radius 3 is 2.71 bits per heavy atom. The van der Waals surface area contributed by atoms with Gasteiger partial charge in [-0.2, -0.15) is 0 Å². The lowest BCUT2D eigenvalue weighted by Gasteiger charge is -2.16. The molecule has 1 aliphatic heterocycles. The highest BCUT2D eigenvalue weighted by atomic mass is 35.5. The molecule has 0 aromatic heterocycles. The Hall–Kier alpha value is -1.27. The van der Waals surface area contributed by atoms with Gasteiger partial charge in [0, 0.05) is 11.6 Å². The van der Waals surface area contributed by atoms with Gasteiger partial charge in [-0.15, -0.1) is 0 Å². The van der Waals surface area contributed by atoms with Gasteiger partial charge in [0.15, 0.2) is 16.4 Å². The van der Waals surface area contributed by atoms with Crippen molar-refractivity contribution in [2.75, 3.05) is 24.7 Å². The number of carbonyl (C=O) groups excluding carboxylic acids is 1. The third-order valence-corrected chi connectivity index (χ3v) is 6.43. The van der Waals surface area contributed by atoms with Crippen molar-refractivity contribution >= 4 is 27.3 Å². The number of hydrogen-bond donors (Lipinski definition) is 1. The molecule has 1 aromatic carbocycles. The first-order valence-electron chi connectivity index (χ1n) is 8.08. The third kappa shape index (κ3) is 5.11. The van der Waals surface area contributed by atoms with Crippen LogP contribution in [0.1, 0.15) is 37.3 Å². The fourth-order valence-corrected chi connectivity index (χ4v) is 4.77. The second kappa shape index (κ2) is 7.74. The Labute approximate surface area is 148 Å². The SMILES string of the molecule is Cc1cc(OCC(=O)NC[C@@H]2CCS(=O)(=O)C2)c(C(C)C)cc1Cl. The minimum Gasteiger partial charge on any atom is -0.483 e. The summed E-state index contributed by atoms with van der Waals surface area (Å²) < 4.78 is 28.5. The van der Waals surface area contributed by atoms with Gasteiger partial charge in [0.1, 0.15) is 5.75 Å². The lowest BCUT2D eigenvalue weighted by atomic mass is 10.0. The summed E-state index contributed by atoms with van der Waals surface area (Å²) in [6, 6.07) is 3.71. The van der Waals surface area contributed by atoms with Crippen LogP contribution in [0.25, 0.3) is 0 Å². The number of ether oxygens (including phenoxy) is 1. The van der Waals surface area contributed by atoms with E-state index in [4.69, 9.17) is 16.3 Å². The molecule has 1 atom stereocenters. The molecule has 1 aliphatic rings. The Balaban J connectivity index is 1.89. The first-order chi connectivity index (χ1) is 11.2. The summed E-state index contributed by atoms with van der Waals surface area (Å²) in [5.41, 5.74) is 1.85. The molecule has 1 amide bonds. The average molecular weight is 374 g/mol. The number of nitrogens with one attached hydrogen (secondary N) is 1. The van der Waals surface area contributed by atoms with Crippen molar-refractivity contribution in [3.05, 3.63) is 28.3 Å². The van der Waals surface area contributed by atoms with Gasteiger partial charge in [0.2, 0.25) is 0 Å². The van der Waals surface area contributed by atoms with Crippen molar-refractivity contribution < 1.29 is 17.9 Å². The predicted molar refractivity (Wildman–Crippen MR) is 95.5 cm³/mol. The maximum Gasteiger partial charge on any atom is 0.257 e. The average Bonchev–Trinajstić information content (AvgIpc) is 2.85. The van der Waals surface area contributed by atoms with Gasteiger partial charge < -0.3 is 10.1 Å². The van der Waals surface area contributed by atoms with E-state index in [1.165, 1.54) is 0 Å². The molecule has 1 N–H and O–H groups in total. The monoisotopic (exact) mass is 373 g/mol. The Morgan fingerprint density at radius 1 is 1.42 bits per heavy atom. The van der Waals surface area contributed by atoms with Crippen molar-refractivity contribution in [3.8, 4) is 5.75 Å². The van der Waals surface area contributed by atoms with Crippen LogP contribution in [0, 0.1) is 12.8 Å². The summed E-state index contributed by atoms with van der Waals surface area (Å²) >= 11 is 6.15. The summed E-state index contributed by atoms with van der Waals surface area (Å²) in [6.07, 6.45) is 0.608. The minimum absolute atomic E-state index is 0.00273. The lowest BCUT2D eigenvalue weighted by molar-refractivity contribution is -0.123. The van der Waals surface area contributed by atoms with E-state index in [9.17, 15) is 13.2 Å². The highest BCUT2D eigenvalue weighted by molar-refractivity contribution is 7.91. The predicted octanol–water partition coefficient (Wildman–Crippen LogP) is 2.70.